The molecule has 30 heavy (non-hydrogen) atoms. The van der Waals surface area contributed by atoms with E-state index < -0.39 is 0 Å². The topological polar surface area (TPSA) is 59.2 Å². The third kappa shape index (κ3) is 2.77. The van der Waals surface area contributed by atoms with Gasteiger partial charge in [0.05, 0.1) is 17.3 Å². The van der Waals surface area contributed by atoms with Crippen LogP contribution in [0.15, 0.2) is 36.8 Å². The van der Waals surface area contributed by atoms with E-state index in [-0.39, 0.29) is 6.04 Å². The van der Waals surface area contributed by atoms with E-state index in [0.717, 1.165) is 53.9 Å². The number of piperidine rings is 1. The first-order valence-corrected chi connectivity index (χ1v) is 11.1. The Bertz CT molecular complexity index is 1240. The van der Waals surface area contributed by atoms with Crippen LogP contribution >= 0.6 is 0 Å². The molecule has 4 aromatic rings. The van der Waals surface area contributed by atoms with Gasteiger partial charge in [-0.1, -0.05) is 12.1 Å². The molecule has 1 unspecified atom stereocenters. The van der Waals surface area contributed by atoms with Gasteiger partial charge in [0.25, 0.3) is 0 Å². The molecule has 4 heterocycles. The van der Waals surface area contributed by atoms with Crippen molar-refractivity contribution in [3.63, 3.8) is 0 Å². The molecule has 0 saturated carbocycles. The van der Waals surface area contributed by atoms with E-state index in [1.807, 2.05) is 0 Å². The SMILES string of the molecule is Cc1cccc2ncnc(N3CCCCC3c3cc4ncc5c(n4n3)CCCC5)c12. The second-order valence-corrected chi connectivity index (χ2v) is 8.65. The summed E-state index contributed by atoms with van der Waals surface area (Å²) in [7, 11) is 0. The summed E-state index contributed by atoms with van der Waals surface area (Å²) in [5.41, 5.74) is 7.03. The van der Waals surface area contributed by atoms with Crippen molar-refractivity contribution in [2.45, 2.75) is 57.9 Å². The average molecular weight is 399 g/mol. The van der Waals surface area contributed by atoms with Gasteiger partial charge < -0.3 is 4.90 Å². The van der Waals surface area contributed by atoms with E-state index in [2.05, 4.69) is 51.8 Å². The number of benzene rings is 1. The molecule has 6 rings (SSSR count). The summed E-state index contributed by atoms with van der Waals surface area (Å²) >= 11 is 0. The summed E-state index contributed by atoms with van der Waals surface area (Å²) in [5.74, 6) is 1.04. The van der Waals surface area contributed by atoms with Crippen LogP contribution in [0, 0.1) is 6.92 Å². The fourth-order valence-electron chi connectivity index (χ4n) is 5.25. The van der Waals surface area contributed by atoms with Crippen molar-refractivity contribution in [3.8, 4) is 0 Å². The van der Waals surface area contributed by atoms with E-state index in [4.69, 9.17) is 15.1 Å². The summed E-state index contributed by atoms with van der Waals surface area (Å²) in [6, 6.07) is 8.70. The second kappa shape index (κ2) is 7.04. The lowest BCUT2D eigenvalue weighted by molar-refractivity contribution is 0.460. The van der Waals surface area contributed by atoms with E-state index >= 15 is 0 Å². The summed E-state index contributed by atoms with van der Waals surface area (Å²) in [6.07, 6.45) is 11.9. The molecule has 0 radical (unpaired) electrons. The molecule has 2 aliphatic rings. The zero-order valence-electron chi connectivity index (χ0n) is 17.4. The predicted octanol–water partition coefficient (Wildman–Crippen LogP) is 4.59. The standard InChI is InChI=1S/C24H26N6/c1-16-7-6-9-18-23(16)24(27-15-26-18)29-12-5-4-11-21(29)19-13-22-25-14-17-8-2-3-10-20(17)30(22)28-19/h6-7,9,13-15,21H,2-5,8,10-12H2,1H3. The molecule has 1 saturated heterocycles. The molecule has 152 valence electrons. The molecule has 1 aromatic carbocycles. The van der Waals surface area contributed by atoms with Crippen LogP contribution in [0.4, 0.5) is 5.82 Å². The van der Waals surface area contributed by atoms with Gasteiger partial charge in [-0.25, -0.2) is 19.5 Å². The number of aromatic nitrogens is 5. The number of aryl methyl sites for hydroxylation is 3. The Morgan fingerprint density at radius 2 is 1.93 bits per heavy atom. The van der Waals surface area contributed by atoms with Crippen LogP contribution < -0.4 is 4.90 Å². The Kier molecular flexibility index (Phi) is 4.18. The Balaban J connectivity index is 1.48. The highest BCUT2D eigenvalue weighted by atomic mass is 15.3. The van der Waals surface area contributed by atoms with Crippen LogP contribution in [0.25, 0.3) is 16.6 Å². The van der Waals surface area contributed by atoms with Gasteiger partial charge in [-0.05, 0) is 69.1 Å². The number of rotatable bonds is 2. The van der Waals surface area contributed by atoms with Gasteiger partial charge >= 0.3 is 0 Å². The third-order valence-corrected chi connectivity index (χ3v) is 6.77. The maximum atomic E-state index is 5.10. The second-order valence-electron chi connectivity index (χ2n) is 8.65. The lowest BCUT2D eigenvalue weighted by atomic mass is 9.97. The minimum Gasteiger partial charge on any atom is -0.347 e. The van der Waals surface area contributed by atoms with Crippen molar-refractivity contribution < 1.29 is 0 Å². The fraction of sp³-hybridized carbons (Fsp3) is 0.417. The first kappa shape index (κ1) is 17.8. The first-order chi connectivity index (χ1) is 14.8. The normalized spacial score (nSPS) is 19.4. The molecule has 0 bridgehead atoms. The molecule has 1 fully saturated rings. The van der Waals surface area contributed by atoms with E-state index in [1.165, 1.54) is 42.5 Å². The van der Waals surface area contributed by atoms with Crippen molar-refractivity contribution in [3.05, 3.63) is 59.3 Å². The smallest absolute Gasteiger partial charge is 0.155 e. The maximum absolute atomic E-state index is 5.10. The largest absolute Gasteiger partial charge is 0.347 e. The lowest BCUT2D eigenvalue weighted by Gasteiger charge is -2.36. The van der Waals surface area contributed by atoms with Gasteiger partial charge in [0, 0.05) is 29.9 Å². The van der Waals surface area contributed by atoms with Gasteiger partial charge in [0.2, 0.25) is 0 Å². The average Bonchev–Trinajstić information content (AvgIpc) is 3.24. The fourth-order valence-corrected chi connectivity index (χ4v) is 5.25. The zero-order chi connectivity index (χ0) is 20.1. The molecule has 0 spiro atoms. The third-order valence-electron chi connectivity index (χ3n) is 6.77. The number of hydrogen-bond donors (Lipinski definition) is 0. The predicted molar refractivity (Wildman–Crippen MR) is 118 cm³/mol. The number of nitrogens with zero attached hydrogens (tertiary/aromatic N) is 6. The first-order valence-electron chi connectivity index (χ1n) is 11.1. The van der Waals surface area contributed by atoms with Crippen LogP contribution in [0.2, 0.25) is 0 Å². The van der Waals surface area contributed by atoms with Gasteiger partial charge in [0.15, 0.2) is 5.65 Å². The number of anilines is 1. The van der Waals surface area contributed by atoms with Crippen LogP contribution in [0.1, 0.15) is 60.7 Å². The van der Waals surface area contributed by atoms with Crippen LogP contribution in [0.5, 0.6) is 0 Å². The Morgan fingerprint density at radius 1 is 1.00 bits per heavy atom. The van der Waals surface area contributed by atoms with Crippen LogP contribution in [-0.4, -0.2) is 31.1 Å². The minimum absolute atomic E-state index is 0.220. The molecule has 1 aliphatic heterocycles. The molecule has 6 heteroatoms. The maximum Gasteiger partial charge on any atom is 0.155 e. The summed E-state index contributed by atoms with van der Waals surface area (Å²) < 4.78 is 2.11. The van der Waals surface area contributed by atoms with E-state index in [9.17, 15) is 0 Å². The van der Waals surface area contributed by atoms with Gasteiger partial charge in [-0.15, -0.1) is 0 Å². The van der Waals surface area contributed by atoms with Crippen molar-refractivity contribution in [1.29, 1.82) is 0 Å². The van der Waals surface area contributed by atoms with Crippen molar-refractivity contribution in [1.82, 2.24) is 24.6 Å². The number of hydrogen-bond acceptors (Lipinski definition) is 5. The highest BCUT2D eigenvalue weighted by Gasteiger charge is 2.29. The molecule has 1 atom stereocenters. The molecular weight excluding hydrogens is 372 g/mol. The van der Waals surface area contributed by atoms with E-state index in [1.54, 1.807) is 6.33 Å². The van der Waals surface area contributed by atoms with Gasteiger partial charge in [-0.2, -0.15) is 5.10 Å². The van der Waals surface area contributed by atoms with Gasteiger partial charge in [-0.3, -0.25) is 0 Å². The Labute approximate surface area is 176 Å². The summed E-state index contributed by atoms with van der Waals surface area (Å²) in [6.45, 7) is 3.14. The lowest BCUT2D eigenvalue weighted by Crippen LogP contribution is -2.34. The van der Waals surface area contributed by atoms with Crippen molar-refractivity contribution in [2.75, 3.05) is 11.4 Å². The molecule has 3 aromatic heterocycles. The van der Waals surface area contributed by atoms with Crippen molar-refractivity contribution >= 4 is 22.4 Å². The van der Waals surface area contributed by atoms with E-state index in [0.29, 0.717) is 0 Å². The zero-order valence-corrected chi connectivity index (χ0v) is 17.4. The monoisotopic (exact) mass is 398 g/mol. The molecule has 1 aliphatic carbocycles. The quantitative estimate of drug-likeness (QED) is 0.494. The summed E-state index contributed by atoms with van der Waals surface area (Å²) in [5, 5.41) is 6.26. The van der Waals surface area contributed by atoms with Crippen LogP contribution in [-0.2, 0) is 12.8 Å². The molecule has 0 amide bonds. The van der Waals surface area contributed by atoms with Crippen molar-refractivity contribution in [2.24, 2.45) is 0 Å². The highest BCUT2D eigenvalue weighted by molar-refractivity contribution is 5.92. The van der Waals surface area contributed by atoms with Crippen LogP contribution in [0.3, 0.4) is 0 Å². The molecular formula is C24H26N6. The Morgan fingerprint density at radius 3 is 2.90 bits per heavy atom. The minimum atomic E-state index is 0.220. The Hall–Kier alpha value is -3.02. The summed E-state index contributed by atoms with van der Waals surface area (Å²) in [4.78, 5) is 16.4. The molecule has 0 N–H and O–H groups in total. The molecule has 6 nitrogen and oxygen atoms in total. The highest BCUT2D eigenvalue weighted by Crippen LogP contribution is 2.37. The van der Waals surface area contributed by atoms with Gasteiger partial charge in [0.1, 0.15) is 12.1 Å². The number of fused-ring (bicyclic) bond motifs is 4.